The van der Waals surface area contributed by atoms with Gasteiger partial charge in [-0.2, -0.15) is 0 Å². The number of urea groups is 1. The number of hydrogen-bond acceptors (Lipinski definition) is 2. The highest BCUT2D eigenvalue weighted by atomic mass is 16.2. The van der Waals surface area contributed by atoms with Crippen molar-refractivity contribution in [1.82, 2.24) is 9.91 Å². The maximum absolute atomic E-state index is 10.8. The maximum Gasteiger partial charge on any atom is 0.338 e. The van der Waals surface area contributed by atoms with Gasteiger partial charge in [0.2, 0.25) is 0 Å². The summed E-state index contributed by atoms with van der Waals surface area (Å²) >= 11 is 0. The summed E-state index contributed by atoms with van der Waals surface area (Å²) in [4.78, 5) is 12.2. The molecule has 0 fully saturated rings. The summed E-state index contributed by atoms with van der Waals surface area (Å²) in [5, 5.41) is 1.15. The topological polar surface area (TPSA) is 49.6 Å². The molecule has 9 heavy (non-hydrogen) atoms. The highest BCUT2D eigenvalue weighted by Gasteiger charge is 2.14. The van der Waals surface area contributed by atoms with Crippen LogP contribution in [0, 0.1) is 0 Å². The van der Waals surface area contributed by atoms with Crippen LogP contribution in [0.2, 0.25) is 0 Å². The van der Waals surface area contributed by atoms with Gasteiger partial charge in [0.05, 0.1) is 6.54 Å². The minimum absolute atomic E-state index is 0.169. The van der Waals surface area contributed by atoms with Crippen molar-refractivity contribution in [3.05, 3.63) is 12.3 Å². The van der Waals surface area contributed by atoms with Gasteiger partial charge in [0.1, 0.15) is 0 Å². The Morgan fingerprint density at radius 3 is 2.89 bits per heavy atom. The summed E-state index contributed by atoms with van der Waals surface area (Å²) in [6.07, 6.45) is 3.52. The molecule has 0 aliphatic carbocycles. The largest absolute Gasteiger partial charge is 0.338 e. The summed E-state index contributed by atoms with van der Waals surface area (Å²) < 4.78 is 0. The number of amides is 2. The second-order valence-corrected chi connectivity index (χ2v) is 1.93. The third kappa shape index (κ3) is 1.02. The lowest BCUT2D eigenvalue weighted by molar-refractivity contribution is 0.177. The molecule has 0 radical (unpaired) electrons. The van der Waals surface area contributed by atoms with Crippen molar-refractivity contribution in [2.24, 2.45) is 5.84 Å². The maximum atomic E-state index is 10.8. The van der Waals surface area contributed by atoms with E-state index in [0.29, 0.717) is 6.54 Å². The zero-order valence-electron chi connectivity index (χ0n) is 5.24. The lowest BCUT2D eigenvalue weighted by atomic mass is 10.5. The van der Waals surface area contributed by atoms with Gasteiger partial charge in [0.25, 0.3) is 0 Å². The van der Waals surface area contributed by atoms with Gasteiger partial charge in [-0.1, -0.05) is 0 Å². The average Bonchev–Trinajstić information content (AvgIpc) is 1.83. The zero-order valence-corrected chi connectivity index (χ0v) is 5.24. The van der Waals surface area contributed by atoms with Crippen molar-refractivity contribution in [1.29, 1.82) is 0 Å². The molecular formula is C5H9N3O. The number of carbonyl (C=O) groups excluding carboxylic acids is 1. The molecule has 1 aliphatic rings. The normalized spacial score (nSPS) is 19.1. The Morgan fingerprint density at radius 1 is 1.78 bits per heavy atom. The van der Waals surface area contributed by atoms with Crippen molar-refractivity contribution in [2.45, 2.75) is 0 Å². The van der Waals surface area contributed by atoms with Crippen LogP contribution in [0.5, 0.6) is 0 Å². The fourth-order valence-corrected chi connectivity index (χ4v) is 0.663. The van der Waals surface area contributed by atoms with Crippen LogP contribution in [-0.2, 0) is 0 Å². The molecule has 1 rings (SSSR count). The molecule has 0 spiro atoms. The van der Waals surface area contributed by atoms with Gasteiger partial charge in [-0.15, -0.1) is 0 Å². The standard InChI is InChI=1S/C5H9N3O/c1-7-3-2-4-8(6)5(7)9/h2-3H,4,6H2,1H3. The Balaban J connectivity index is 2.69. The number of nitrogens with two attached hydrogens (primary N) is 1. The molecule has 0 bridgehead atoms. The van der Waals surface area contributed by atoms with Crippen LogP contribution in [0.15, 0.2) is 12.3 Å². The fourth-order valence-electron chi connectivity index (χ4n) is 0.663. The van der Waals surface area contributed by atoms with Crippen LogP contribution >= 0.6 is 0 Å². The van der Waals surface area contributed by atoms with E-state index in [4.69, 9.17) is 5.84 Å². The fraction of sp³-hybridized carbons (Fsp3) is 0.400. The second-order valence-electron chi connectivity index (χ2n) is 1.93. The van der Waals surface area contributed by atoms with Crippen LogP contribution in [0.4, 0.5) is 4.79 Å². The van der Waals surface area contributed by atoms with Crippen molar-refractivity contribution < 1.29 is 4.79 Å². The summed E-state index contributed by atoms with van der Waals surface area (Å²) in [5.41, 5.74) is 0. The molecule has 0 aromatic heterocycles. The molecule has 0 aromatic rings. The average molecular weight is 127 g/mol. The highest BCUT2D eigenvalue weighted by Crippen LogP contribution is 1.97. The molecule has 1 heterocycles. The Kier molecular flexibility index (Phi) is 1.40. The van der Waals surface area contributed by atoms with Gasteiger partial charge in [-0.3, -0.25) is 5.01 Å². The molecule has 0 unspecified atom stereocenters. The van der Waals surface area contributed by atoms with Gasteiger partial charge in [-0.25, -0.2) is 10.6 Å². The molecule has 0 aromatic carbocycles. The van der Waals surface area contributed by atoms with Gasteiger partial charge in [0, 0.05) is 13.2 Å². The predicted molar refractivity (Wildman–Crippen MR) is 33.2 cm³/mol. The number of nitrogens with zero attached hydrogens (tertiary/aromatic N) is 2. The SMILES string of the molecule is CN1C=CCN(N)C1=O. The van der Waals surface area contributed by atoms with E-state index in [0.717, 1.165) is 5.01 Å². The number of hydrazine groups is 1. The van der Waals surface area contributed by atoms with Gasteiger partial charge >= 0.3 is 6.03 Å². The summed E-state index contributed by atoms with van der Waals surface area (Å²) in [7, 11) is 1.66. The van der Waals surface area contributed by atoms with E-state index in [-0.39, 0.29) is 6.03 Å². The molecular weight excluding hydrogens is 118 g/mol. The van der Waals surface area contributed by atoms with E-state index in [1.54, 1.807) is 13.2 Å². The zero-order chi connectivity index (χ0) is 6.85. The van der Waals surface area contributed by atoms with Crippen LogP contribution in [0.3, 0.4) is 0 Å². The summed E-state index contributed by atoms with van der Waals surface area (Å²) in [6.45, 7) is 0.503. The molecule has 2 N–H and O–H groups in total. The first-order valence-electron chi connectivity index (χ1n) is 2.67. The van der Waals surface area contributed by atoms with E-state index in [1.807, 2.05) is 6.08 Å². The highest BCUT2D eigenvalue weighted by molar-refractivity contribution is 5.75. The van der Waals surface area contributed by atoms with E-state index in [2.05, 4.69) is 0 Å². The molecule has 50 valence electrons. The molecule has 2 amide bonds. The first-order valence-corrected chi connectivity index (χ1v) is 2.67. The van der Waals surface area contributed by atoms with Crippen molar-refractivity contribution in [2.75, 3.05) is 13.6 Å². The first-order chi connectivity index (χ1) is 4.22. The smallest absolute Gasteiger partial charge is 0.303 e. The van der Waals surface area contributed by atoms with Crippen LogP contribution in [-0.4, -0.2) is 29.5 Å². The Bertz CT molecular complexity index is 154. The van der Waals surface area contributed by atoms with E-state index >= 15 is 0 Å². The molecule has 0 atom stereocenters. The molecule has 1 aliphatic heterocycles. The Hall–Kier alpha value is -1.03. The minimum atomic E-state index is -0.169. The molecule has 0 saturated heterocycles. The Labute approximate surface area is 53.5 Å². The second kappa shape index (κ2) is 2.06. The molecule has 0 saturated carbocycles. The van der Waals surface area contributed by atoms with Gasteiger partial charge < -0.3 is 4.90 Å². The first kappa shape index (κ1) is 6.10. The monoisotopic (exact) mass is 127 g/mol. The number of rotatable bonds is 0. The lowest BCUT2D eigenvalue weighted by Crippen LogP contribution is -2.46. The molecule has 4 nitrogen and oxygen atoms in total. The minimum Gasteiger partial charge on any atom is -0.303 e. The lowest BCUT2D eigenvalue weighted by Gasteiger charge is -2.24. The van der Waals surface area contributed by atoms with Crippen LogP contribution < -0.4 is 5.84 Å². The van der Waals surface area contributed by atoms with Crippen LogP contribution in [0.1, 0.15) is 0 Å². The summed E-state index contributed by atoms with van der Waals surface area (Å²) in [5.74, 6) is 5.26. The Morgan fingerprint density at radius 2 is 2.44 bits per heavy atom. The van der Waals surface area contributed by atoms with E-state index in [9.17, 15) is 4.79 Å². The summed E-state index contributed by atoms with van der Waals surface area (Å²) in [6, 6.07) is -0.169. The van der Waals surface area contributed by atoms with Gasteiger partial charge in [-0.05, 0) is 6.08 Å². The third-order valence-corrected chi connectivity index (χ3v) is 1.18. The number of carbonyl (C=O) groups is 1. The predicted octanol–water partition coefficient (Wildman–Crippen LogP) is -0.259. The van der Waals surface area contributed by atoms with E-state index < -0.39 is 0 Å². The third-order valence-electron chi connectivity index (χ3n) is 1.18. The van der Waals surface area contributed by atoms with Crippen molar-refractivity contribution >= 4 is 6.03 Å². The van der Waals surface area contributed by atoms with Crippen molar-refractivity contribution in [3.8, 4) is 0 Å². The molecule has 4 heteroatoms. The van der Waals surface area contributed by atoms with Gasteiger partial charge in [0.15, 0.2) is 0 Å². The quantitative estimate of drug-likeness (QED) is 0.360. The number of hydrogen-bond donors (Lipinski definition) is 1. The van der Waals surface area contributed by atoms with Crippen LogP contribution in [0.25, 0.3) is 0 Å². The van der Waals surface area contributed by atoms with Crippen molar-refractivity contribution in [3.63, 3.8) is 0 Å². The van der Waals surface area contributed by atoms with E-state index in [1.165, 1.54) is 4.90 Å².